The summed E-state index contributed by atoms with van der Waals surface area (Å²) in [4.78, 5) is 12.3. The number of rotatable bonds is 6. The molecule has 0 bridgehead atoms. The average Bonchev–Trinajstić information content (AvgIpc) is 2.63. The Balaban J connectivity index is 2.19. The molecule has 1 atom stereocenters. The molecule has 16 heavy (non-hydrogen) atoms. The van der Waals surface area contributed by atoms with Crippen molar-refractivity contribution in [3.63, 3.8) is 0 Å². The first-order valence-electron chi connectivity index (χ1n) is 5.01. The summed E-state index contributed by atoms with van der Waals surface area (Å²) in [5.41, 5.74) is 0. The van der Waals surface area contributed by atoms with Crippen LogP contribution in [0.4, 0.5) is 0 Å². The number of hydrogen-bond donors (Lipinski definition) is 3. The van der Waals surface area contributed by atoms with E-state index in [1.54, 1.807) is 6.92 Å². The molecule has 90 valence electrons. The summed E-state index contributed by atoms with van der Waals surface area (Å²) < 4.78 is 0.826. The monoisotopic (exact) mass is 306 g/mol. The van der Waals surface area contributed by atoms with Crippen LogP contribution in [0.3, 0.4) is 0 Å². The zero-order valence-corrected chi connectivity index (χ0v) is 11.4. The van der Waals surface area contributed by atoms with Crippen molar-refractivity contribution in [2.75, 3.05) is 19.6 Å². The van der Waals surface area contributed by atoms with Gasteiger partial charge in [0.05, 0.1) is 6.10 Å². The quantitative estimate of drug-likeness (QED) is 0.692. The van der Waals surface area contributed by atoms with E-state index in [-0.39, 0.29) is 12.0 Å². The minimum absolute atomic E-state index is 0.0688. The van der Waals surface area contributed by atoms with Gasteiger partial charge in [0, 0.05) is 24.1 Å². The Kier molecular flexibility index (Phi) is 5.97. The van der Waals surface area contributed by atoms with Gasteiger partial charge in [0.15, 0.2) is 0 Å². The van der Waals surface area contributed by atoms with Gasteiger partial charge in [-0.1, -0.05) is 0 Å². The van der Waals surface area contributed by atoms with Crippen LogP contribution in [0.25, 0.3) is 0 Å². The van der Waals surface area contributed by atoms with Gasteiger partial charge in [0.25, 0.3) is 5.91 Å². The topological polar surface area (TPSA) is 61.4 Å². The van der Waals surface area contributed by atoms with E-state index < -0.39 is 0 Å². The molecule has 1 heterocycles. The Morgan fingerprint density at radius 2 is 2.38 bits per heavy atom. The molecule has 0 radical (unpaired) electrons. The van der Waals surface area contributed by atoms with Crippen LogP contribution < -0.4 is 10.6 Å². The maximum atomic E-state index is 11.6. The highest BCUT2D eigenvalue weighted by Crippen LogP contribution is 2.21. The second-order valence-corrected chi connectivity index (χ2v) is 5.18. The number of hydrogen-bond acceptors (Lipinski definition) is 4. The SMILES string of the molecule is CC(O)CNCCNC(=O)c1sccc1Br. The summed E-state index contributed by atoms with van der Waals surface area (Å²) in [6.07, 6.45) is -0.359. The second-order valence-electron chi connectivity index (χ2n) is 3.41. The average molecular weight is 307 g/mol. The molecule has 1 amide bonds. The number of aliphatic hydroxyl groups excluding tert-OH is 1. The molecule has 1 aromatic heterocycles. The van der Waals surface area contributed by atoms with Gasteiger partial charge in [-0.05, 0) is 34.3 Å². The summed E-state index contributed by atoms with van der Waals surface area (Å²) >= 11 is 4.72. The smallest absolute Gasteiger partial charge is 0.262 e. The Morgan fingerprint density at radius 1 is 1.62 bits per heavy atom. The third kappa shape index (κ3) is 4.61. The maximum absolute atomic E-state index is 11.6. The van der Waals surface area contributed by atoms with Crippen molar-refractivity contribution in [2.24, 2.45) is 0 Å². The fraction of sp³-hybridized carbons (Fsp3) is 0.500. The van der Waals surface area contributed by atoms with Crippen LogP contribution >= 0.6 is 27.3 Å². The van der Waals surface area contributed by atoms with E-state index in [0.717, 1.165) is 4.47 Å². The fourth-order valence-electron chi connectivity index (χ4n) is 1.11. The van der Waals surface area contributed by atoms with E-state index >= 15 is 0 Å². The van der Waals surface area contributed by atoms with E-state index in [4.69, 9.17) is 5.11 Å². The predicted octanol–water partition coefficient (Wildman–Crippen LogP) is 1.21. The summed E-state index contributed by atoms with van der Waals surface area (Å²) in [6, 6.07) is 1.85. The lowest BCUT2D eigenvalue weighted by Crippen LogP contribution is -2.34. The van der Waals surface area contributed by atoms with Gasteiger partial charge in [0.2, 0.25) is 0 Å². The number of halogens is 1. The third-order valence-electron chi connectivity index (χ3n) is 1.85. The van der Waals surface area contributed by atoms with Gasteiger partial charge in [-0.15, -0.1) is 11.3 Å². The molecule has 0 aliphatic carbocycles. The largest absolute Gasteiger partial charge is 0.392 e. The van der Waals surface area contributed by atoms with Gasteiger partial charge in [-0.3, -0.25) is 4.79 Å². The molecule has 0 aliphatic rings. The predicted molar refractivity (Wildman–Crippen MR) is 68.9 cm³/mol. The van der Waals surface area contributed by atoms with Crippen LogP contribution in [0.2, 0.25) is 0 Å². The van der Waals surface area contributed by atoms with Gasteiger partial charge in [-0.25, -0.2) is 0 Å². The number of aliphatic hydroxyl groups is 1. The molecule has 0 aliphatic heterocycles. The molecule has 1 rings (SSSR count). The van der Waals surface area contributed by atoms with Crippen LogP contribution in [0, 0.1) is 0 Å². The first kappa shape index (κ1) is 13.6. The van der Waals surface area contributed by atoms with Crippen LogP contribution in [0.15, 0.2) is 15.9 Å². The molecule has 1 unspecified atom stereocenters. The van der Waals surface area contributed by atoms with E-state index in [0.29, 0.717) is 24.5 Å². The van der Waals surface area contributed by atoms with Crippen LogP contribution in [0.5, 0.6) is 0 Å². The van der Waals surface area contributed by atoms with Crippen LogP contribution in [-0.2, 0) is 0 Å². The Morgan fingerprint density at radius 3 is 2.94 bits per heavy atom. The first-order chi connectivity index (χ1) is 7.61. The molecular formula is C10H15BrN2O2S. The van der Waals surface area contributed by atoms with Crippen molar-refractivity contribution in [1.82, 2.24) is 10.6 Å². The van der Waals surface area contributed by atoms with Gasteiger partial charge >= 0.3 is 0 Å². The number of carbonyl (C=O) groups is 1. The molecule has 6 heteroatoms. The van der Waals surface area contributed by atoms with E-state index in [9.17, 15) is 4.79 Å². The van der Waals surface area contributed by atoms with Crippen molar-refractivity contribution < 1.29 is 9.90 Å². The summed E-state index contributed by atoms with van der Waals surface area (Å²) in [5, 5.41) is 16.7. The summed E-state index contributed by atoms with van der Waals surface area (Å²) in [6.45, 7) is 3.46. The molecule has 3 N–H and O–H groups in total. The molecule has 1 aromatic rings. The molecule has 0 aromatic carbocycles. The third-order valence-corrected chi connectivity index (χ3v) is 3.69. The van der Waals surface area contributed by atoms with Gasteiger partial charge in [-0.2, -0.15) is 0 Å². The normalized spacial score (nSPS) is 12.4. The van der Waals surface area contributed by atoms with Crippen molar-refractivity contribution in [2.45, 2.75) is 13.0 Å². The fourth-order valence-corrected chi connectivity index (χ4v) is 2.58. The van der Waals surface area contributed by atoms with Gasteiger partial charge < -0.3 is 15.7 Å². The first-order valence-corrected chi connectivity index (χ1v) is 6.68. The van der Waals surface area contributed by atoms with E-state index in [1.165, 1.54) is 11.3 Å². The molecule has 0 fully saturated rings. The Bertz CT molecular complexity index is 341. The van der Waals surface area contributed by atoms with Crippen molar-refractivity contribution in [3.8, 4) is 0 Å². The molecule has 4 nitrogen and oxygen atoms in total. The highest BCUT2D eigenvalue weighted by Gasteiger charge is 2.10. The standard InChI is InChI=1S/C10H15BrN2O2S/c1-7(14)6-12-3-4-13-10(15)9-8(11)2-5-16-9/h2,5,7,12,14H,3-4,6H2,1H3,(H,13,15). The Labute approximate surface area is 107 Å². The molecular weight excluding hydrogens is 292 g/mol. The number of carbonyl (C=O) groups excluding carboxylic acids is 1. The van der Waals surface area contributed by atoms with E-state index in [1.807, 2.05) is 11.4 Å². The van der Waals surface area contributed by atoms with Gasteiger partial charge in [0.1, 0.15) is 4.88 Å². The van der Waals surface area contributed by atoms with Crippen LogP contribution in [-0.4, -0.2) is 36.8 Å². The lowest BCUT2D eigenvalue weighted by molar-refractivity contribution is 0.0957. The second kappa shape index (κ2) is 7.01. The molecule has 0 saturated carbocycles. The molecule has 0 saturated heterocycles. The highest BCUT2D eigenvalue weighted by atomic mass is 79.9. The minimum Gasteiger partial charge on any atom is -0.392 e. The summed E-state index contributed by atoms with van der Waals surface area (Å²) in [7, 11) is 0. The lowest BCUT2D eigenvalue weighted by atomic mass is 10.4. The number of nitrogens with one attached hydrogen (secondary N) is 2. The zero-order valence-electron chi connectivity index (χ0n) is 9.00. The van der Waals surface area contributed by atoms with Crippen molar-refractivity contribution >= 4 is 33.2 Å². The number of thiophene rings is 1. The Hall–Kier alpha value is -0.430. The van der Waals surface area contributed by atoms with Crippen molar-refractivity contribution in [1.29, 1.82) is 0 Å². The minimum atomic E-state index is -0.359. The molecule has 0 spiro atoms. The lowest BCUT2D eigenvalue weighted by Gasteiger charge is -2.07. The van der Waals surface area contributed by atoms with Crippen molar-refractivity contribution in [3.05, 3.63) is 20.8 Å². The zero-order chi connectivity index (χ0) is 12.0. The van der Waals surface area contributed by atoms with Crippen LogP contribution in [0.1, 0.15) is 16.6 Å². The summed E-state index contributed by atoms with van der Waals surface area (Å²) in [5.74, 6) is -0.0688. The maximum Gasteiger partial charge on any atom is 0.262 e. The highest BCUT2D eigenvalue weighted by molar-refractivity contribution is 9.10. The number of amides is 1. The van der Waals surface area contributed by atoms with E-state index in [2.05, 4.69) is 26.6 Å².